The second-order valence-electron chi connectivity index (χ2n) is 7.99. The van der Waals surface area contributed by atoms with Gasteiger partial charge >= 0.3 is 5.97 Å². The zero-order valence-electron chi connectivity index (χ0n) is 18.2. The Balaban J connectivity index is 1.65. The van der Waals surface area contributed by atoms with E-state index in [1.54, 1.807) is 11.5 Å². The summed E-state index contributed by atoms with van der Waals surface area (Å²) in [5.74, 6) is 0.811. The summed E-state index contributed by atoms with van der Waals surface area (Å²) in [6.07, 6.45) is 1.15. The lowest BCUT2D eigenvalue weighted by molar-refractivity contribution is -0.143. The fourth-order valence-electron chi connectivity index (χ4n) is 3.92. The molecule has 1 aliphatic heterocycles. The number of hydrogen-bond acceptors (Lipinski definition) is 6. The number of hydrogen-bond donors (Lipinski definition) is 0. The van der Waals surface area contributed by atoms with Gasteiger partial charge in [0.15, 0.2) is 4.80 Å². The van der Waals surface area contributed by atoms with Gasteiger partial charge in [-0.15, -0.1) is 11.8 Å². The van der Waals surface area contributed by atoms with Gasteiger partial charge in [0, 0.05) is 13.1 Å². The minimum absolute atomic E-state index is 0.000917. The summed E-state index contributed by atoms with van der Waals surface area (Å²) in [4.78, 5) is 43.6. The van der Waals surface area contributed by atoms with Crippen molar-refractivity contribution in [2.24, 2.45) is 16.8 Å². The zero-order valence-corrected chi connectivity index (χ0v) is 19.8. The van der Waals surface area contributed by atoms with Crippen LogP contribution in [-0.2, 0) is 25.7 Å². The Morgan fingerprint density at radius 1 is 1.16 bits per heavy atom. The van der Waals surface area contributed by atoms with Gasteiger partial charge in [0.05, 0.1) is 28.3 Å². The molecule has 7 nitrogen and oxygen atoms in total. The molecule has 3 rings (SSSR count). The number of thiazole rings is 1. The number of esters is 1. The molecule has 0 spiro atoms. The van der Waals surface area contributed by atoms with E-state index in [0.29, 0.717) is 23.2 Å². The standard InChI is InChI=1S/C22H29N3O4S2/c1-4-29-21(28)12-25-17-7-5-6-8-18(17)31-22(25)23-19(26)13-30-14-20(27)24-10-15(2)9-16(3)11-24/h5-8,15-16H,4,9-14H2,1-3H3. The average Bonchev–Trinajstić information content (AvgIpc) is 3.04. The van der Waals surface area contributed by atoms with Crippen molar-refractivity contribution in [3.05, 3.63) is 29.1 Å². The molecule has 2 unspecified atom stereocenters. The van der Waals surface area contributed by atoms with E-state index in [1.165, 1.54) is 23.1 Å². The molecule has 31 heavy (non-hydrogen) atoms. The van der Waals surface area contributed by atoms with E-state index in [9.17, 15) is 14.4 Å². The maximum Gasteiger partial charge on any atom is 0.326 e. The van der Waals surface area contributed by atoms with Gasteiger partial charge in [-0.1, -0.05) is 37.3 Å². The molecule has 2 aromatic rings. The summed E-state index contributed by atoms with van der Waals surface area (Å²) in [6.45, 7) is 7.97. The predicted octanol–water partition coefficient (Wildman–Crippen LogP) is 2.93. The third kappa shape index (κ3) is 6.43. The van der Waals surface area contributed by atoms with Gasteiger partial charge in [-0.3, -0.25) is 14.4 Å². The Hall–Kier alpha value is -2.13. The van der Waals surface area contributed by atoms with Crippen molar-refractivity contribution in [3.63, 3.8) is 0 Å². The van der Waals surface area contributed by atoms with Crippen LogP contribution in [-0.4, -0.2) is 58.5 Å². The van der Waals surface area contributed by atoms with Gasteiger partial charge in [-0.05, 0) is 37.3 Å². The Kier molecular flexibility index (Phi) is 8.31. The van der Waals surface area contributed by atoms with Gasteiger partial charge < -0.3 is 14.2 Å². The van der Waals surface area contributed by atoms with E-state index in [0.717, 1.165) is 29.7 Å². The molecule has 0 saturated carbocycles. The fraction of sp³-hybridized carbons (Fsp3) is 0.545. The number of carbonyl (C=O) groups excluding carboxylic acids is 3. The van der Waals surface area contributed by atoms with Crippen molar-refractivity contribution in [1.82, 2.24) is 9.47 Å². The molecule has 2 heterocycles. The van der Waals surface area contributed by atoms with E-state index in [4.69, 9.17) is 4.74 Å². The molecule has 1 fully saturated rings. The highest BCUT2D eigenvalue weighted by atomic mass is 32.2. The van der Waals surface area contributed by atoms with Crippen LogP contribution in [0.4, 0.5) is 0 Å². The van der Waals surface area contributed by atoms with E-state index >= 15 is 0 Å². The molecule has 168 valence electrons. The third-order valence-electron chi connectivity index (χ3n) is 5.07. The summed E-state index contributed by atoms with van der Waals surface area (Å²) >= 11 is 2.65. The molecule has 1 aromatic carbocycles. The van der Waals surface area contributed by atoms with E-state index in [1.807, 2.05) is 29.2 Å². The molecular weight excluding hydrogens is 434 g/mol. The number of rotatable bonds is 7. The van der Waals surface area contributed by atoms with Crippen LogP contribution in [0.25, 0.3) is 10.2 Å². The van der Waals surface area contributed by atoms with Crippen molar-refractivity contribution in [2.75, 3.05) is 31.2 Å². The summed E-state index contributed by atoms with van der Waals surface area (Å²) in [5, 5.41) is 0. The highest BCUT2D eigenvalue weighted by Gasteiger charge is 2.25. The molecule has 0 bridgehead atoms. The SMILES string of the molecule is CCOC(=O)Cn1c(=NC(=O)CSCC(=O)N2CC(C)CC(C)C2)sc2ccccc21. The molecule has 0 radical (unpaired) electrons. The van der Waals surface area contributed by atoms with Crippen molar-refractivity contribution < 1.29 is 19.1 Å². The Labute approximate surface area is 190 Å². The van der Waals surface area contributed by atoms with Crippen LogP contribution in [0.15, 0.2) is 29.3 Å². The quantitative estimate of drug-likeness (QED) is 0.590. The van der Waals surface area contributed by atoms with Crippen LogP contribution in [0.2, 0.25) is 0 Å². The molecule has 2 amide bonds. The maximum absolute atomic E-state index is 12.5. The number of ether oxygens (including phenoxy) is 1. The Bertz CT molecular complexity index is 1000. The molecule has 1 aliphatic rings. The smallest absolute Gasteiger partial charge is 0.326 e. The monoisotopic (exact) mass is 463 g/mol. The minimum atomic E-state index is -0.370. The van der Waals surface area contributed by atoms with Gasteiger partial charge in [-0.25, -0.2) is 0 Å². The number of thioether (sulfide) groups is 1. The molecule has 0 aliphatic carbocycles. The lowest BCUT2D eigenvalue weighted by Gasteiger charge is -2.35. The number of likely N-dealkylation sites (tertiary alicyclic amines) is 1. The Morgan fingerprint density at radius 3 is 2.58 bits per heavy atom. The van der Waals surface area contributed by atoms with Gasteiger partial charge in [0.2, 0.25) is 5.91 Å². The summed E-state index contributed by atoms with van der Waals surface area (Å²) in [7, 11) is 0. The van der Waals surface area contributed by atoms with Crippen LogP contribution < -0.4 is 4.80 Å². The number of amides is 2. The number of aromatic nitrogens is 1. The first kappa shape index (κ1) is 23.5. The first-order valence-electron chi connectivity index (χ1n) is 10.5. The van der Waals surface area contributed by atoms with Crippen molar-refractivity contribution in [3.8, 4) is 0 Å². The first-order chi connectivity index (χ1) is 14.9. The number of carbonyl (C=O) groups is 3. The predicted molar refractivity (Wildman–Crippen MR) is 124 cm³/mol. The summed E-state index contributed by atoms with van der Waals surface area (Å²) in [6, 6.07) is 7.61. The van der Waals surface area contributed by atoms with Crippen LogP contribution in [0.3, 0.4) is 0 Å². The maximum atomic E-state index is 12.5. The van der Waals surface area contributed by atoms with E-state index < -0.39 is 0 Å². The normalized spacial score (nSPS) is 19.6. The van der Waals surface area contributed by atoms with Crippen LogP contribution in [0.1, 0.15) is 27.2 Å². The number of benzene rings is 1. The number of para-hydroxylation sites is 1. The van der Waals surface area contributed by atoms with E-state index in [2.05, 4.69) is 18.8 Å². The first-order valence-corrected chi connectivity index (χ1v) is 12.5. The van der Waals surface area contributed by atoms with Crippen molar-refractivity contribution in [2.45, 2.75) is 33.7 Å². The van der Waals surface area contributed by atoms with Gasteiger partial charge in [0.1, 0.15) is 6.54 Å². The fourth-order valence-corrected chi connectivity index (χ4v) is 5.66. The molecular formula is C22H29N3O4S2. The number of nitrogens with zero attached hydrogens (tertiary/aromatic N) is 3. The average molecular weight is 464 g/mol. The highest BCUT2D eigenvalue weighted by molar-refractivity contribution is 8.00. The highest BCUT2D eigenvalue weighted by Crippen LogP contribution is 2.21. The second kappa shape index (κ2) is 10.9. The van der Waals surface area contributed by atoms with Crippen LogP contribution in [0, 0.1) is 11.8 Å². The zero-order chi connectivity index (χ0) is 22.4. The number of piperidine rings is 1. The van der Waals surface area contributed by atoms with Crippen molar-refractivity contribution in [1.29, 1.82) is 0 Å². The van der Waals surface area contributed by atoms with Gasteiger partial charge in [0.25, 0.3) is 5.91 Å². The topological polar surface area (TPSA) is 81.0 Å². The van der Waals surface area contributed by atoms with Crippen molar-refractivity contribution >= 4 is 51.1 Å². The van der Waals surface area contributed by atoms with E-state index in [-0.39, 0.29) is 35.8 Å². The molecule has 9 heteroatoms. The summed E-state index contributed by atoms with van der Waals surface area (Å²) < 4.78 is 7.71. The Morgan fingerprint density at radius 2 is 1.87 bits per heavy atom. The summed E-state index contributed by atoms with van der Waals surface area (Å²) in [5.41, 5.74) is 0.836. The molecule has 1 aromatic heterocycles. The third-order valence-corrected chi connectivity index (χ3v) is 7.04. The molecule has 2 atom stereocenters. The van der Waals surface area contributed by atoms with Crippen LogP contribution >= 0.6 is 23.1 Å². The lowest BCUT2D eigenvalue weighted by Crippen LogP contribution is -2.43. The lowest BCUT2D eigenvalue weighted by atomic mass is 9.92. The minimum Gasteiger partial charge on any atom is -0.465 e. The molecule has 0 N–H and O–H groups in total. The largest absolute Gasteiger partial charge is 0.465 e. The second-order valence-corrected chi connectivity index (χ2v) is 9.98. The van der Waals surface area contributed by atoms with Gasteiger partial charge in [-0.2, -0.15) is 4.99 Å². The molecule has 1 saturated heterocycles. The number of fused-ring (bicyclic) bond motifs is 1. The van der Waals surface area contributed by atoms with Crippen LogP contribution in [0.5, 0.6) is 0 Å².